The van der Waals surface area contributed by atoms with Gasteiger partial charge in [-0.3, -0.25) is 0 Å². The van der Waals surface area contributed by atoms with Crippen molar-refractivity contribution in [3.8, 4) is 0 Å². The molecular formula is C9H19ClN2O4S. The zero-order valence-corrected chi connectivity index (χ0v) is 11.8. The molecule has 0 saturated heterocycles. The molecule has 0 radical (unpaired) electrons. The number of halogens is 1. The molecule has 8 heteroatoms. The van der Waals surface area contributed by atoms with Crippen LogP contribution in [0.15, 0.2) is 0 Å². The number of carbonyl (C=O) groups is 1. The van der Waals surface area contributed by atoms with E-state index in [0.717, 1.165) is 0 Å². The number of hydrogen-bond donors (Lipinski definition) is 2. The predicted molar refractivity (Wildman–Crippen MR) is 66.2 cm³/mol. The number of hydrogen-bond acceptors (Lipinski definition) is 4. The number of rotatable bonds is 6. The molecule has 0 heterocycles. The van der Waals surface area contributed by atoms with Gasteiger partial charge in [0, 0.05) is 5.88 Å². The Labute approximate surface area is 107 Å². The molecule has 0 unspecified atom stereocenters. The van der Waals surface area contributed by atoms with Gasteiger partial charge in [-0.05, 0) is 33.6 Å². The first kappa shape index (κ1) is 16.5. The van der Waals surface area contributed by atoms with Crippen LogP contribution in [0, 0.1) is 0 Å². The van der Waals surface area contributed by atoms with E-state index in [1.165, 1.54) is 0 Å². The van der Waals surface area contributed by atoms with Gasteiger partial charge in [-0.25, -0.2) is 18.6 Å². The summed E-state index contributed by atoms with van der Waals surface area (Å²) in [5.74, 6) is 0.324. The van der Waals surface area contributed by atoms with Crippen LogP contribution in [0.5, 0.6) is 0 Å². The second-order valence-electron chi connectivity index (χ2n) is 4.44. The van der Waals surface area contributed by atoms with E-state index in [2.05, 4.69) is 0 Å². The summed E-state index contributed by atoms with van der Waals surface area (Å²) < 4.78 is 27.6. The highest BCUT2D eigenvalue weighted by atomic mass is 35.5. The number of hydrazine groups is 1. The first-order chi connectivity index (χ1) is 7.66. The molecule has 1 amide bonds. The molecule has 0 fully saturated rings. The third-order valence-corrected chi connectivity index (χ3v) is 3.01. The van der Waals surface area contributed by atoms with E-state index in [1.54, 1.807) is 20.8 Å². The summed E-state index contributed by atoms with van der Waals surface area (Å²) in [6, 6.07) is 0. The summed E-state index contributed by atoms with van der Waals surface area (Å²) in [5, 5.41) is 0. The first-order valence-corrected chi connectivity index (χ1v) is 7.39. The third-order valence-electron chi connectivity index (χ3n) is 1.50. The van der Waals surface area contributed by atoms with Gasteiger partial charge in [-0.15, -0.1) is 16.4 Å². The van der Waals surface area contributed by atoms with Crippen molar-refractivity contribution in [1.29, 1.82) is 0 Å². The number of alkyl halides is 1. The first-order valence-electron chi connectivity index (χ1n) is 5.21. The van der Waals surface area contributed by atoms with E-state index in [-0.39, 0.29) is 5.75 Å². The Morgan fingerprint density at radius 2 is 1.88 bits per heavy atom. The fraction of sp³-hybridized carbons (Fsp3) is 0.889. The Morgan fingerprint density at radius 3 is 2.35 bits per heavy atom. The second kappa shape index (κ2) is 7.03. The van der Waals surface area contributed by atoms with Crippen LogP contribution in [-0.4, -0.2) is 31.7 Å². The Morgan fingerprint density at radius 1 is 1.29 bits per heavy atom. The zero-order chi connectivity index (χ0) is 13.5. The van der Waals surface area contributed by atoms with Crippen LogP contribution in [0.25, 0.3) is 0 Å². The van der Waals surface area contributed by atoms with Crippen molar-refractivity contribution in [3.05, 3.63) is 0 Å². The molecule has 17 heavy (non-hydrogen) atoms. The molecule has 0 aromatic heterocycles. The summed E-state index contributed by atoms with van der Waals surface area (Å²) in [4.78, 5) is 13.1. The molecule has 0 bridgehead atoms. The van der Waals surface area contributed by atoms with Gasteiger partial charge in [0.2, 0.25) is 10.0 Å². The summed E-state index contributed by atoms with van der Waals surface area (Å²) in [7, 11) is -3.53. The number of carbonyl (C=O) groups excluding carboxylic acids is 1. The van der Waals surface area contributed by atoms with E-state index >= 15 is 0 Å². The van der Waals surface area contributed by atoms with Gasteiger partial charge in [-0.1, -0.05) is 0 Å². The van der Waals surface area contributed by atoms with Crippen LogP contribution >= 0.6 is 11.6 Å². The van der Waals surface area contributed by atoms with Crippen molar-refractivity contribution in [3.63, 3.8) is 0 Å². The molecule has 0 aromatic rings. The minimum absolute atomic E-state index is 0.0878. The minimum atomic E-state index is -3.53. The molecule has 0 aromatic carbocycles. The molecule has 6 nitrogen and oxygen atoms in total. The molecule has 0 spiro atoms. The van der Waals surface area contributed by atoms with Crippen molar-refractivity contribution in [1.82, 2.24) is 10.3 Å². The maximum Gasteiger partial charge on any atom is 0.422 e. The summed E-state index contributed by atoms with van der Waals surface area (Å²) >= 11 is 5.43. The minimum Gasteiger partial charge on any atom is -0.443 e. The molecule has 0 aliphatic heterocycles. The van der Waals surface area contributed by atoms with Gasteiger partial charge in [0.1, 0.15) is 5.60 Å². The largest absolute Gasteiger partial charge is 0.443 e. The monoisotopic (exact) mass is 286 g/mol. The highest BCUT2D eigenvalue weighted by molar-refractivity contribution is 7.89. The Bertz CT molecular complexity index is 337. The highest BCUT2D eigenvalue weighted by Gasteiger charge is 2.17. The van der Waals surface area contributed by atoms with Crippen molar-refractivity contribution >= 4 is 27.7 Å². The average molecular weight is 287 g/mol. The van der Waals surface area contributed by atoms with Gasteiger partial charge in [0.25, 0.3) is 0 Å². The van der Waals surface area contributed by atoms with Crippen LogP contribution in [0.1, 0.15) is 33.6 Å². The zero-order valence-electron chi connectivity index (χ0n) is 10.2. The van der Waals surface area contributed by atoms with Gasteiger partial charge in [-0.2, -0.15) is 0 Å². The number of amides is 1. The molecule has 0 saturated carbocycles. The van der Waals surface area contributed by atoms with Crippen molar-refractivity contribution in [2.45, 2.75) is 39.2 Å². The lowest BCUT2D eigenvalue weighted by atomic mass is 10.2. The van der Waals surface area contributed by atoms with Gasteiger partial charge in [0.05, 0.1) is 5.75 Å². The van der Waals surface area contributed by atoms with Crippen LogP contribution in [0.2, 0.25) is 0 Å². The lowest BCUT2D eigenvalue weighted by Gasteiger charge is -2.19. The number of sulfonamides is 1. The fourth-order valence-corrected chi connectivity index (χ4v) is 1.97. The number of nitrogens with one attached hydrogen (secondary N) is 2. The van der Waals surface area contributed by atoms with E-state index in [0.29, 0.717) is 18.7 Å². The molecule has 0 atom stereocenters. The molecule has 0 rings (SSSR count). The average Bonchev–Trinajstić information content (AvgIpc) is 2.13. The van der Waals surface area contributed by atoms with Gasteiger partial charge < -0.3 is 4.74 Å². The van der Waals surface area contributed by atoms with Crippen LogP contribution in [-0.2, 0) is 14.8 Å². The Kier molecular flexibility index (Phi) is 6.81. The smallest absolute Gasteiger partial charge is 0.422 e. The van der Waals surface area contributed by atoms with E-state index < -0.39 is 21.7 Å². The van der Waals surface area contributed by atoms with E-state index in [1.807, 2.05) is 10.3 Å². The maximum absolute atomic E-state index is 11.4. The Hall–Kier alpha value is -0.530. The van der Waals surface area contributed by atoms with Crippen molar-refractivity contribution in [2.24, 2.45) is 0 Å². The third kappa shape index (κ3) is 10.3. The number of unbranched alkanes of at least 4 members (excludes halogenated alkanes) is 1. The fourth-order valence-electron chi connectivity index (χ4n) is 0.861. The van der Waals surface area contributed by atoms with Gasteiger partial charge >= 0.3 is 6.09 Å². The van der Waals surface area contributed by atoms with Crippen LogP contribution in [0.4, 0.5) is 4.79 Å². The quantitative estimate of drug-likeness (QED) is 0.439. The van der Waals surface area contributed by atoms with Crippen molar-refractivity contribution < 1.29 is 17.9 Å². The predicted octanol–water partition coefficient (Wildman–Crippen LogP) is 1.36. The van der Waals surface area contributed by atoms with Gasteiger partial charge in [0.15, 0.2) is 0 Å². The normalized spacial score (nSPS) is 12.2. The SMILES string of the molecule is CC(C)(C)OC(=O)NNS(=O)(=O)CCCCCl. The van der Waals surface area contributed by atoms with Crippen molar-refractivity contribution in [2.75, 3.05) is 11.6 Å². The Balaban J connectivity index is 3.97. The summed E-state index contributed by atoms with van der Waals surface area (Å²) in [5.41, 5.74) is 1.30. The van der Waals surface area contributed by atoms with E-state index in [9.17, 15) is 13.2 Å². The topological polar surface area (TPSA) is 84.5 Å². The second-order valence-corrected chi connectivity index (χ2v) is 6.66. The highest BCUT2D eigenvalue weighted by Crippen LogP contribution is 2.06. The van der Waals surface area contributed by atoms with E-state index in [4.69, 9.17) is 16.3 Å². The molecule has 0 aliphatic carbocycles. The number of ether oxygens (including phenoxy) is 1. The lowest BCUT2D eigenvalue weighted by molar-refractivity contribution is 0.0515. The lowest BCUT2D eigenvalue weighted by Crippen LogP contribution is -2.45. The van der Waals surface area contributed by atoms with Crippen LogP contribution < -0.4 is 10.3 Å². The molecule has 102 valence electrons. The molecule has 2 N–H and O–H groups in total. The molecule has 0 aliphatic rings. The maximum atomic E-state index is 11.4. The summed E-state index contributed by atoms with van der Waals surface area (Å²) in [6.45, 7) is 5.05. The summed E-state index contributed by atoms with van der Waals surface area (Å²) in [6.07, 6.45) is 0.211. The van der Waals surface area contributed by atoms with Crippen LogP contribution in [0.3, 0.4) is 0 Å². The standard InChI is InChI=1S/C9H19ClN2O4S/c1-9(2,3)16-8(13)11-12-17(14,15)7-5-4-6-10/h12H,4-7H2,1-3H3,(H,11,13). The molecular weight excluding hydrogens is 268 g/mol.